The molecule has 3 aromatic carbocycles. The first-order valence-corrected chi connectivity index (χ1v) is 11.8. The number of rotatable bonds is 8. The average molecular weight is 438 g/mol. The highest BCUT2D eigenvalue weighted by atomic mass is 32.3. The predicted octanol–water partition coefficient (Wildman–Crippen LogP) is 4.92. The number of ether oxygens (including phenoxy) is 1. The molecular weight excluding hydrogens is 410 g/mol. The van der Waals surface area contributed by atoms with E-state index in [-0.39, 0.29) is 0 Å². The van der Waals surface area contributed by atoms with E-state index in [1.54, 1.807) is 19.2 Å². The fourth-order valence-electron chi connectivity index (χ4n) is 3.50. The standard InChI is InChI=1S/C24H27N3O3S/c1-30-21-13-11-20(12-14-21)19-9-7-18(8-10-19)17-25-15-4-16-26-24-22-5-2-3-6-23(22)31(28,29)27-24/h2-3,5-14,25,28-29H,4,15-17H2,1H3,(H,26,27). The third kappa shape index (κ3) is 5.08. The molecule has 7 heteroatoms. The summed E-state index contributed by atoms with van der Waals surface area (Å²) in [5.41, 5.74) is 4.34. The molecule has 0 bridgehead atoms. The van der Waals surface area contributed by atoms with E-state index in [4.69, 9.17) is 4.74 Å². The van der Waals surface area contributed by atoms with Crippen molar-refractivity contribution >= 4 is 16.6 Å². The maximum absolute atomic E-state index is 10.1. The first-order chi connectivity index (χ1) is 15.1. The van der Waals surface area contributed by atoms with Crippen LogP contribution in [0.25, 0.3) is 11.1 Å². The Morgan fingerprint density at radius 2 is 1.61 bits per heavy atom. The second-order valence-electron chi connectivity index (χ2n) is 7.33. The largest absolute Gasteiger partial charge is 0.497 e. The van der Waals surface area contributed by atoms with E-state index in [0.717, 1.165) is 36.4 Å². The van der Waals surface area contributed by atoms with Gasteiger partial charge in [-0.05, 0) is 53.9 Å². The third-order valence-electron chi connectivity index (χ3n) is 5.18. The van der Waals surface area contributed by atoms with Crippen molar-refractivity contribution in [3.63, 3.8) is 0 Å². The number of fused-ring (bicyclic) bond motifs is 1. The number of hydrogen-bond acceptors (Lipinski definition) is 5. The molecule has 1 aliphatic rings. The minimum Gasteiger partial charge on any atom is -0.497 e. The fourth-order valence-corrected chi connectivity index (χ4v) is 4.79. The SMILES string of the molecule is COc1ccc(-c2ccc(CNCCCN=C3NS(O)(O)c4ccccc43)cc2)cc1. The van der Waals surface area contributed by atoms with E-state index in [9.17, 15) is 9.11 Å². The zero-order valence-electron chi connectivity index (χ0n) is 17.4. The zero-order chi connectivity index (χ0) is 21.7. The van der Waals surface area contributed by atoms with Crippen molar-refractivity contribution in [3.05, 3.63) is 83.9 Å². The van der Waals surface area contributed by atoms with Gasteiger partial charge in [0.05, 0.1) is 12.0 Å². The number of amidine groups is 1. The Hall–Kier alpha value is -2.84. The number of nitrogens with one attached hydrogen (secondary N) is 2. The molecule has 0 spiro atoms. The van der Waals surface area contributed by atoms with Crippen molar-refractivity contribution in [3.8, 4) is 16.9 Å². The van der Waals surface area contributed by atoms with Crippen LogP contribution in [0, 0.1) is 0 Å². The number of nitrogens with zero attached hydrogens (tertiary/aromatic N) is 1. The van der Waals surface area contributed by atoms with Gasteiger partial charge < -0.3 is 10.1 Å². The van der Waals surface area contributed by atoms with Gasteiger partial charge in [0.1, 0.15) is 11.6 Å². The highest BCUT2D eigenvalue weighted by molar-refractivity contribution is 8.23. The van der Waals surface area contributed by atoms with E-state index < -0.39 is 10.8 Å². The van der Waals surface area contributed by atoms with Crippen molar-refractivity contribution in [2.75, 3.05) is 20.2 Å². The van der Waals surface area contributed by atoms with Gasteiger partial charge in [0, 0.05) is 18.7 Å². The van der Waals surface area contributed by atoms with Crippen molar-refractivity contribution in [2.24, 2.45) is 4.99 Å². The molecule has 162 valence electrons. The van der Waals surface area contributed by atoms with Gasteiger partial charge in [-0.15, -0.1) is 0 Å². The van der Waals surface area contributed by atoms with Gasteiger partial charge in [-0.25, -0.2) is 0 Å². The van der Waals surface area contributed by atoms with Crippen molar-refractivity contribution in [2.45, 2.75) is 17.9 Å². The van der Waals surface area contributed by atoms with Crippen molar-refractivity contribution < 1.29 is 13.8 Å². The Kier molecular flexibility index (Phi) is 6.58. The summed E-state index contributed by atoms with van der Waals surface area (Å²) >= 11 is 0. The lowest BCUT2D eigenvalue weighted by Crippen LogP contribution is -2.20. The van der Waals surface area contributed by atoms with Crippen LogP contribution in [0.4, 0.5) is 0 Å². The van der Waals surface area contributed by atoms with E-state index in [2.05, 4.69) is 51.4 Å². The number of hydrogen-bond donors (Lipinski definition) is 4. The Labute approximate surface area is 184 Å². The molecule has 0 aliphatic carbocycles. The summed E-state index contributed by atoms with van der Waals surface area (Å²) in [5.74, 6) is 1.42. The van der Waals surface area contributed by atoms with Crippen molar-refractivity contribution in [1.82, 2.24) is 10.0 Å². The van der Waals surface area contributed by atoms with Crippen LogP contribution < -0.4 is 14.8 Å². The molecule has 0 unspecified atom stereocenters. The molecular formula is C24H27N3O3S. The highest BCUT2D eigenvalue weighted by Gasteiger charge is 2.30. The van der Waals surface area contributed by atoms with Crippen LogP contribution in [0.1, 0.15) is 17.5 Å². The first-order valence-electron chi connectivity index (χ1n) is 10.2. The van der Waals surface area contributed by atoms with E-state index >= 15 is 0 Å². The molecule has 1 aliphatic heterocycles. The van der Waals surface area contributed by atoms with Crippen LogP contribution in [-0.4, -0.2) is 35.1 Å². The fraction of sp³-hybridized carbons (Fsp3) is 0.208. The minimum absolute atomic E-state index is 0.518. The third-order valence-corrected chi connectivity index (χ3v) is 6.62. The van der Waals surface area contributed by atoms with Crippen LogP contribution >= 0.6 is 10.8 Å². The summed E-state index contributed by atoms with van der Waals surface area (Å²) in [5, 5.41) is 3.44. The van der Waals surface area contributed by atoms with Crippen LogP contribution in [0.15, 0.2) is 82.7 Å². The minimum atomic E-state index is -2.97. The maximum atomic E-state index is 10.1. The van der Waals surface area contributed by atoms with Gasteiger partial charge in [-0.3, -0.25) is 18.8 Å². The molecule has 0 aromatic heterocycles. The van der Waals surface area contributed by atoms with E-state index in [0.29, 0.717) is 17.3 Å². The quantitative estimate of drug-likeness (QED) is 0.376. The summed E-state index contributed by atoms with van der Waals surface area (Å²) in [4.78, 5) is 5.04. The summed E-state index contributed by atoms with van der Waals surface area (Å²) in [6, 6.07) is 23.8. The van der Waals surface area contributed by atoms with E-state index in [1.807, 2.05) is 24.3 Å². The van der Waals surface area contributed by atoms with Gasteiger partial charge in [0.15, 0.2) is 0 Å². The molecule has 31 heavy (non-hydrogen) atoms. The molecule has 0 saturated heterocycles. The predicted molar refractivity (Wildman–Crippen MR) is 127 cm³/mol. The molecule has 0 saturated carbocycles. The van der Waals surface area contributed by atoms with Gasteiger partial charge >= 0.3 is 0 Å². The zero-order valence-corrected chi connectivity index (χ0v) is 18.2. The normalized spacial score (nSPS) is 16.5. The molecule has 0 radical (unpaired) electrons. The lowest BCUT2D eigenvalue weighted by Gasteiger charge is -2.26. The number of aliphatic imine (C=N–C) groups is 1. The number of benzene rings is 3. The lowest BCUT2D eigenvalue weighted by atomic mass is 10.0. The van der Waals surface area contributed by atoms with Gasteiger partial charge in [-0.1, -0.05) is 59.3 Å². The highest BCUT2D eigenvalue weighted by Crippen LogP contribution is 2.50. The second-order valence-corrected chi connectivity index (χ2v) is 9.07. The van der Waals surface area contributed by atoms with Gasteiger partial charge in [0.25, 0.3) is 0 Å². The van der Waals surface area contributed by atoms with Gasteiger partial charge in [0.2, 0.25) is 0 Å². The Balaban J connectivity index is 1.23. The average Bonchev–Trinajstić information content (AvgIpc) is 3.07. The van der Waals surface area contributed by atoms with Gasteiger partial charge in [-0.2, -0.15) is 0 Å². The molecule has 1 heterocycles. The molecule has 4 rings (SSSR count). The summed E-state index contributed by atoms with van der Waals surface area (Å²) < 4.78 is 28.2. The Bertz CT molecular complexity index is 1050. The second kappa shape index (κ2) is 9.53. The van der Waals surface area contributed by atoms with Crippen LogP contribution in [0.3, 0.4) is 0 Å². The molecule has 0 fully saturated rings. The number of methoxy groups -OCH3 is 1. The van der Waals surface area contributed by atoms with Crippen LogP contribution in [-0.2, 0) is 6.54 Å². The Morgan fingerprint density at radius 1 is 0.935 bits per heavy atom. The van der Waals surface area contributed by atoms with Crippen molar-refractivity contribution in [1.29, 1.82) is 0 Å². The van der Waals surface area contributed by atoms with E-state index in [1.165, 1.54) is 11.1 Å². The monoisotopic (exact) mass is 437 g/mol. The summed E-state index contributed by atoms with van der Waals surface area (Å²) in [6.45, 7) is 2.23. The van der Waals surface area contributed by atoms with Crippen LogP contribution in [0.5, 0.6) is 5.75 Å². The summed E-state index contributed by atoms with van der Waals surface area (Å²) in [6.07, 6.45) is 0.858. The lowest BCUT2D eigenvalue weighted by molar-refractivity contribution is 0.415. The molecule has 0 atom stereocenters. The Morgan fingerprint density at radius 3 is 2.32 bits per heavy atom. The molecule has 0 amide bonds. The topological polar surface area (TPSA) is 86.1 Å². The molecule has 3 aromatic rings. The molecule has 6 nitrogen and oxygen atoms in total. The first kappa shape index (κ1) is 21.4. The molecule has 4 N–H and O–H groups in total. The smallest absolute Gasteiger partial charge is 0.148 e. The van der Waals surface area contributed by atoms with Crippen LogP contribution in [0.2, 0.25) is 0 Å². The summed E-state index contributed by atoms with van der Waals surface area (Å²) in [7, 11) is -1.30. The maximum Gasteiger partial charge on any atom is 0.148 e.